The second kappa shape index (κ2) is 5.36. The second-order valence-corrected chi connectivity index (χ2v) is 3.85. The quantitative estimate of drug-likeness (QED) is 0.575. The Labute approximate surface area is 76.2 Å². The molecule has 0 amide bonds. The van der Waals surface area contributed by atoms with Gasteiger partial charge in [0.15, 0.2) is 0 Å². The number of nitrogens with one attached hydrogen (secondary N) is 1. The molecule has 0 aromatic rings. The Kier molecular flexibility index (Phi) is 4.37. The second-order valence-electron chi connectivity index (χ2n) is 3.85. The number of rotatable bonds is 7. The third-order valence-corrected chi connectivity index (χ3v) is 2.45. The largest absolute Gasteiger partial charge is 0.314 e. The van der Waals surface area contributed by atoms with E-state index in [1.165, 1.54) is 25.7 Å². The molecular formula is C11H21N. The van der Waals surface area contributed by atoms with Gasteiger partial charge in [0.05, 0.1) is 0 Å². The predicted molar refractivity (Wildman–Crippen MR) is 54.2 cm³/mol. The van der Waals surface area contributed by atoms with Gasteiger partial charge in [-0.3, -0.25) is 0 Å². The van der Waals surface area contributed by atoms with Crippen LogP contribution in [0.4, 0.5) is 0 Å². The van der Waals surface area contributed by atoms with Crippen molar-refractivity contribution in [2.45, 2.75) is 45.1 Å². The van der Waals surface area contributed by atoms with Crippen LogP contribution in [-0.2, 0) is 0 Å². The summed E-state index contributed by atoms with van der Waals surface area (Å²) in [7, 11) is 0. The van der Waals surface area contributed by atoms with Gasteiger partial charge in [-0.2, -0.15) is 0 Å². The molecule has 1 aliphatic rings. The van der Waals surface area contributed by atoms with Crippen LogP contribution in [0, 0.1) is 5.92 Å². The zero-order valence-corrected chi connectivity index (χ0v) is 8.18. The van der Waals surface area contributed by atoms with Gasteiger partial charge >= 0.3 is 0 Å². The van der Waals surface area contributed by atoms with Crippen LogP contribution in [0.25, 0.3) is 0 Å². The van der Waals surface area contributed by atoms with E-state index in [9.17, 15) is 0 Å². The van der Waals surface area contributed by atoms with Gasteiger partial charge in [0.25, 0.3) is 0 Å². The lowest BCUT2D eigenvalue weighted by molar-refractivity contribution is 0.461. The van der Waals surface area contributed by atoms with Crippen molar-refractivity contribution < 1.29 is 0 Å². The Balaban J connectivity index is 2.11. The lowest BCUT2D eigenvalue weighted by Crippen LogP contribution is -2.29. The minimum atomic E-state index is 0.704. The van der Waals surface area contributed by atoms with Crippen molar-refractivity contribution in [1.29, 1.82) is 0 Å². The highest BCUT2D eigenvalue weighted by molar-refractivity contribution is 4.84. The summed E-state index contributed by atoms with van der Waals surface area (Å²) < 4.78 is 0. The minimum absolute atomic E-state index is 0.704. The molecule has 1 unspecified atom stereocenters. The monoisotopic (exact) mass is 167 g/mol. The Hall–Kier alpha value is -0.300. The summed E-state index contributed by atoms with van der Waals surface area (Å²) in [6.45, 7) is 7.17. The fourth-order valence-corrected chi connectivity index (χ4v) is 1.57. The van der Waals surface area contributed by atoms with Gasteiger partial charge in [-0.05, 0) is 31.7 Å². The fraction of sp³-hybridized carbons (Fsp3) is 0.818. The first kappa shape index (κ1) is 9.79. The maximum atomic E-state index is 3.80. The summed E-state index contributed by atoms with van der Waals surface area (Å²) in [5.41, 5.74) is 0. The normalized spacial score (nSPS) is 19.1. The summed E-state index contributed by atoms with van der Waals surface area (Å²) in [6.07, 6.45) is 8.69. The summed E-state index contributed by atoms with van der Waals surface area (Å²) in [5.74, 6) is 1.03. The summed E-state index contributed by atoms with van der Waals surface area (Å²) in [6, 6.07) is 0.704. The molecule has 70 valence electrons. The Bertz CT molecular complexity index is 127. The van der Waals surface area contributed by atoms with Crippen LogP contribution in [0.5, 0.6) is 0 Å². The highest BCUT2D eigenvalue weighted by Gasteiger charge is 2.24. The van der Waals surface area contributed by atoms with Crippen molar-refractivity contribution in [3.8, 4) is 0 Å². The van der Waals surface area contributed by atoms with E-state index in [-0.39, 0.29) is 0 Å². The maximum Gasteiger partial charge on any atom is 0.0104 e. The molecule has 1 aliphatic carbocycles. The standard InChI is InChI=1S/C11H21N/c1-3-5-11(12-8-4-2)9-10-6-7-10/h3,10-12H,1,4-9H2,2H3. The van der Waals surface area contributed by atoms with E-state index in [1.807, 2.05) is 6.08 Å². The van der Waals surface area contributed by atoms with Crippen molar-refractivity contribution in [1.82, 2.24) is 5.32 Å². The van der Waals surface area contributed by atoms with Crippen LogP contribution in [0.2, 0.25) is 0 Å². The van der Waals surface area contributed by atoms with E-state index < -0.39 is 0 Å². The highest BCUT2D eigenvalue weighted by Crippen LogP contribution is 2.34. The highest BCUT2D eigenvalue weighted by atomic mass is 14.9. The van der Waals surface area contributed by atoms with Crippen LogP contribution < -0.4 is 5.32 Å². The lowest BCUT2D eigenvalue weighted by Gasteiger charge is -2.15. The SMILES string of the molecule is C=CCC(CC1CC1)NCCC. The molecule has 0 saturated heterocycles. The molecule has 1 nitrogen and oxygen atoms in total. The van der Waals surface area contributed by atoms with Crippen LogP contribution in [0.15, 0.2) is 12.7 Å². The van der Waals surface area contributed by atoms with E-state index >= 15 is 0 Å². The zero-order chi connectivity index (χ0) is 8.81. The molecule has 1 N–H and O–H groups in total. The van der Waals surface area contributed by atoms with Crippen molar-refractivity contribution in [3.63, 3.8) is 0 Å². The van der Waals surface area contributed by atoms with Gasteiger partial charge in [-0.25, -0.2) is 0 Å². The molecule has 1 rings (SSSR count). The van der Waals surface area contributed by atoms with Gasteiger partial charge in [-0.15, -0.1) is 6.58 Å². The van der Waals surface area contributed by atoms with E-state index in [0.29, 0.717) is 6.04 Å². The molecule has 0 spiro atoms. The van der Waals surface area contributed by atoms with E-state index in [1.54, 1.807) is 0 Å². The molecule has 1 saturated carbocycles. The van der Waals surface area contributed by atoms with Gasteiger partial charge < -0.3 is 5.32 Å². The molecule has 1 atom stereocenters. The van der Waals surface area contributed by atoms with Gasteiger partial charge in [0.1, 0.15) is 0 Å². The number of hydrogen-bond acceptors (Lipinski definition) is 1. The van der Waals surface area contributed by atoms with Crippen LogP contribution in [0.1, 0.15) is 39.0 Å². The van der Waals surface area contributed by atoms with Gasteiger partial charge in [0.2, 0.25) is 0 Å². The molecule has 0 radical (unpaired) electrons. The molecule has 0 bridgehead atoms. The zero-order valence-electron chi connectivity index (χ0n) is 8.18. The van der Waals surface area contributed by atoms with E-state index in [0.717, 1.165) is 18.9 Å². The van der Waals surface area contributed by atoms with Crippen LogP contribution >= 0.6 is 0 Å². The van der Waals surface area contributed by atoms with E-state index in [4.69, 9.17) is 0 Å². The van der Waals surface area contributed by atoms with E-state index in [2.05, 4.69) is 18.8 Å². The minimum Gasteiger partial charge on any atom is -0.314 e. The Morgan fingerprint density at radius 2 is 2.33 bits per heavy atom. The third-order valence-electron chi connectivity index (χ3n) is 2.45. The summed E-state index contributed by atoms with van der Waals surface area (Å²) in [5, 5.41) is 3.57. The molecule has 0 aliphatic heterocycles. The summed E-state index contributed by atoms with van der Waals surface area (Å²) in [4.78, 5) is 0. The maximum absolute atomic E-state index is 3.80. The molecule has 1 fully saturated rings. The average Bonchev–Trinajstić information content (AvgIpc) is 2.84. The topological polar surface area (TPSA) is 12.0 Å². The Morgan fingerprint density at radius 3 is 2.83 bits per heavy atom. The molecule has 0 heterocycles. The van der Waals surface area contributed by atoms with Crippen molar-refractivity contribution in [2.24, 2.45) is 5.92 Å². The first-order valence-electron chi connectivity index (χ1n) is 5.21. The molecule has 0 aromatic carbocycles. The number of hydrogen-bond donors (Lipinski definition) is 1. The predicted octanol–water partition coefficient (Wildman–Crippen LogP) is 2.73. The van der Waals surface area contributed by atoms with Crippen molar-refractivity contribution in [3.05, 3.63) is 12.7 Å². The van der Waals surface area contributed by atoms with Gasteiger partial charge in [-0.1, -0.05) is 25.8 Å². The molecule has 12 heavy (non-hydrogen) atoms. The smallest absolute Gasteiger partial charge is 0.0104 e. The third kappa shape index (κ3) is 3.91. The van der Waals surface area contributed by atoms with Gasteiger partial charge in [0, 0.05) is 6.04 Å². The van der Waals surface area contributed by atoms with Crippen LogP contribution in [-0.4, -0.2) is 12.6 Å². The van der Waals surface area contributed by atoms with Crippen molar-refractivity contribution in [2.75, 3.05) is 6.54 Å². The molecule has 0 aromatic heterocycles. The first-order chi connectivity index (χ1) is 5.86. The summed E-state index contributed by atoms with van der Waals surface area (Å²) >= 11 is 0. The fourth-order valence-electron chi connectivity index (χ4n) is 1.57. The van der Waals surface area contributed by atoms with Crippen molar-refractivity contribution >= 4 is 0 Å². The Morgan fingerprint density at radius 1 is 1.58 bits per heavy atom. The van der Waals surface area contributed by atoms with Crippen LogP contribution in [0.3, 0.4) is 0 Å². The molecular weight excluding hydrogens is 146 g/mol. The average molecular weight is 167 g/mol. The molecule has 1 heteroatoms. The first-order valence-corrected chi connectivity index (χ1v) is 5.21. The lowest BCUT2D eigenvalue weighted by atomic mass is 10.1.